The average Bonchev–Trinajstić information content (AvgIpc) is 3.56. The van der Waals surface area contributed by atoms with Crippen LogP contribution in [-0.2, 0) is 22.9 Å². The SMILES string of the molecule is CC(C)(C)c1ccc([C@H]2c3sc(=O)n(CC(=O)Nc4cccc(C(F)(F)F)c4)c3SC3C4CCC(C4)C32)cc1. The molecule has 3 aromatic rings. The lowest BCUT2D eigenvalue weighted by molar-refractivity contribution is -0.137. The Kier molecular flexibility index (Phi) is 6.53. The second-order valence-corrected chi connectivity index (χ2v) is 14.3. The largest absolute Gasteiger partial charge is 0.416 e. The van der Waals surface area contributed by atoms with Crippen molar-refractivity contribution >= 4 is 34.7 Å². The number of nitrogens with one attached hydrogen (secondary N) is 1. The number of halogens is 3. The summed E-state index contributed by atoms with van der Waals surface area (Å²) in [5, 5.41) is 3.81. The van der Waals surface area contributed by atoms with E-state index in [1.807, 2.05) is 0 Å². The maximum atomic E-state index is 13.3. The van der Waals surface area contributed by atoms with Gasteiger partial charge in [-0.25, -0.2) is 0 Å². The van der Waals surface area contributed by atoms with Crippen molar-refractivity contribution in [2.24, 2.45) is 17.8 Å². The summed E-state index contributed by atoms with van der Waals surface area (Å²) < 4.78 is 40.9. The molecule has 0 spiro atoms. The van der Waals surface area contributed by atoms with Crippen LogP contribution in [0, 0.1) is 17.8 Å². The van der Waals surface area contributed by atoms with Crippen LogP contribution >= 0.6 is 23.1 Å². The third-order valence-electron chi connectivity index (χ3n) is 8.60. The van der Waals surface area contributed by atoms with Crippen molar-refractivity contribution in [3.8, 4) is 0 Å². The lowest BCUT2D eigenvalue weighted by atomic mass is 9.74. The van der Waals surface area contributed by atoms with Crippen LogP contribution in [0.25, 0.3) is 0 Å². The van der Waals surface area contributed by atoms with Crippen LogP contribution in [0.3, 0.4) is 0 Å². The Bertz CT molecular complexity index is 1470. The van der Waals surface area contributed by atoms with Gasteiger partial charge in [0.15, 0.2) is 0 Å². The monoisotopic (exact) mass is 572 g/mol. The highest BCUT2D eigenvalue weighted by Gasteiger charge is 2.55. The first kappa shape index (κ1) is 26.7. The van der Waals surface area contributed by atoms with E-state index in [1.54, 1.807) is 11.8 Å². The molecule has 2 bridgehead atoms. The number of benzene rings is 2. The van der Waals surface area contributed by atoms with E-state index < -0.39 is 17.6 Å². The second kappa shape index (κ2) is 9.54. The van der Waals surface area contributed by atoms with Crippen molar-refractivity contribution < 1.29 is 18.0 Å². The van der Waals surface area contributed by atoms with E-state index in [4.69, 9.17) is 0 Å². The number of hydrogen-bond donors (Lipinski definition) is 1. The third kappa shape index (κ3) is 4.86. The van der Waals surface area contributed by atoms with Gasteiger partial charge in [0.1, 0.15) is 6.54 Å². The molecule has 1 amide bonds. The smallest absolute Gasteiger partial charge is 0.325 e. The lowest BCUT2D eigenvalue weighted by Crippen LogP contribution is -2.35. The number of thioether (sulfide) groups is 1. The molecular weight excluding hydrogens is 541 g/mol. The van der Waals surface area contributed by atoms with Gasteiger partial charge in [-0.2, -0.15) is 13.2 Å². The fourth-order valence-electron chi connectivity index (χ4n) is 6.77. The first-order valence-electron chi connectivity index (χ1n) is 13.4. The third-order valence-corrected chi connectivity index (χ3v) is 11.4. The van der Waals surface area contributed by atoms with Crippen LogP contribution in [0.4, 0.5) is 18.9 Å². The van der Waals surface area contributed by atoms with Crippen molar-refractivity contribution in [1.29, 1.82) is 0 Å². The van der Waals surface area contributed by atoms with Crippen LogP contribution < -0.4 is 10.2 Å². The fourth-order valence-corrected chi connectivity index (χ4v) is 9.92. The number of nitrogens with zero attached hydrogens (tertiary/aromatic N) is 1. The average molecular weight is 573 g/mol. The molecule has 3 aliphatic rings. The molecule has 39 heavy (non-hydrogen) atoms. The summed E-state index contributed by atoms with van der Waals surface area (Å²) in [5.74, 6) is 1.31. The Balaban J connectivity index is 1.33. The molecule has 0 radical (unpaired) electrons. The van der Waals surface area contributed by atoms with E-state index in [0.29, 0.717) is 23.0 Å². The summed E-state index contributed by atoms with van der Waals surface area (Å²) in [6, 6.07) is 13.4. The van der Waals surface area contributed by atoms with Gasteiger partial charge in [-0.3, -0.25) is 14.2 Å². The highest BCUT2D eigenvalue weighted by atomic mass is 32.2. The minimum Gasteiger partial charge on any atom is -0.325 e. The van der Waals surface area contributed by atoms with E-state index in [-0.39, 0.29) is 28.4 Å². The molecule has 1 aliphatic heterocycles. The van der Waals surface area contributed by atoms with Gasteiger partial charge < -0.3 is 5.32 Å². The first-order valence-corrected chi connectivity index (χ1v) is 15.1. The van der Waals surface area contributed by atoms with E-state index in [2.05, 4.69) is 50.4 Å². The van der Waals surface area contributed by atoms with E-state index in [0.717, 1.165) is 22.0 Å². The van der Waals surface area contributed by atoms with Crippen molar-refractivity contribution in [3.05, 3.63) is 79.8 Å². The molecule has 206 valence electrons. The number of carbonyl (C=O) groups excluding carboxylic acids is 1. The first-order chi connectivity index (χ1) is 18.4. The number of hydrogen-bond acceptors (Lipinski definition) is 4. The number of thiazole rings is 1. The number of carbonyl (C=O) groups is 1. The van der Waals surface area contributed by atoms with Crippen molar-refractivity contribution in [2.45, 2.75) is 74.4 Å². The van der Waals surface area contributed by atoms with Crippen LogP contribution in [0.2, 0.25) is 0 Å². The van der Waals surface area contributed by atoms with E-state index in [1.165, 1.54) is 58.4 Å². The van der Waals surface area contributed by atoms with Crippen LogP contribution in [0.1, 0.15) is 67.5 Å². The summed E-state index contributed by atoms with van der Waals surface area (Å²) in [6.07, 6.45) is -0.853. The summed E-state index contributed by atoms with van der Waals surface area (Å²) in [6.45, 7) is 6.36. The summed E-state index contributed by atoms with van der Waals surface area (Å²) in [4.78, 5) is 27.1. The Morgan fingerprint density at radius 1 is 1.03 bits per heavy atom. The molecule has 2 fully saturated rings. The van der Waals surface area contributed by atoms with E-state index >= 15 is 0 Å². The predicted octanol–water partition coefficient (Wildman–Crippen LogP) is 7.52. The number of rotatable bonds is 4. The lowest BCUT2D eigenvalue weighted by Gasteiger charge is -2.40. The highest BCUT2D eigenvalue weighted by Crippen LogP contribution is 2.64. The maximum Gasteiger partial charge on any atom is 0.416 e. The molecule has 1 aromatic heterocycles. The number of aromatic nitrogens is 1. The van der Waals surface area contributed by atoms with Gasteiger partial charge >= 0.3 is 11.0 Å². The molecular formula is C30H31F3N2O2S2. The van der Waals surface area contributed by atoms with Crippen molar-refractivity contribution in [3.63, 3.8) is 0 Å². The van der Waals surface area contributed by atoms with Gasteiger partial charge in [-0.15, -0.1) is 11.8 Å². The van der Waals surface area contributed by atoms with Crippen molar-refractivity contribution in [2.75, 3.05) is 5.32 Å². The Labute approximate surface area is 234 Å². The number of alkyl halides is 3. The van der Waals surface area contributed by atoms with Crippen LogP contribution in [0.5, 0.6) is 0 Å². The summed E-state index contributed by atoms with van der Waals surface area (Å²) in [7, 11) is 0. The molecule has 4 nitrogen and oxygen atoms in total. The van der Waals surface area contributed by atoms with E-state index in [9.17, 15) is 22.8 Å². The molecule has 2 aromatic carbocycles. The molecule has 5 atom stereocenters. The van der Waals surface area contributed by atoms with Gasteiger partial charge in [0.25, 0.3) is 0 Å². The molecule has 2 aliphatic carbocycles. The maximum absolute atomic E-state index is 13.3. The standard InChI is InChI=1S/C30H31F3N2O2S2/c1-29(2,3)19-11-9-16(10-12-19)23-24-17-7-8-18(13-17)25(24)38-27-26(23)39-28(37)35(27)15-22(36)34-21-6-4-5-20(14-21)30(31,32)33/h4-6,9-12,14,17-18,23-25H,7-8,13,15H2,1-3H3,(H,34,36)/t17?,18?,23-,24?,25?/m1/s1. The molecule has 6 rings (SSSR count). The van der Waals surface area contributed by atoms with Gasteiger partial charge in [0, 0.05) is 21.7 Å². The molecule has 0 saturated heterocycles. The number of amides is 1. The minimum atomic E-state index is -4.50. The van der Waals surface area contributed by atoms with Gasteiger partial charge in [0.2, 0.25) is 5.91 Å². The van der Waals surface area contributed by atoms with Crippen LogP contribution in [0.15, 0.2) is 58.4 Å². The second-order valence-electron chi connectivity index (χ2n) is 12.1. The van der Waals surface area contributed by atoms with Gasteiger partial charge in [-0.05, 0) is 71.8 Å². The molecule has 2 saturated carbocycles. The normalized spacial score (nSPS) is 25.8. The molecule has 9 heteroatoms. The molecule has 1 N–H and O–H groups in total. The van der Waals surface area contributed by atoms with Crippen molar-refractivity contribution in [1.82, 2.24) is 4.57 Å². The zero-order valence-electron chi connectivity index (χ0n) is 22.0. The fraction of sp³-hybridized carbons (Fsp3) is 0.467. The Morgan fingerprint density at radius 3 is 2.44 bits per heavy atom. The predicted molar refractivity (Wildman–Crippen MR) is 150 cm³/mol. The van der Waals surface area contributed by atoms with Gasteiger partial charge in [0.05, 0.1) is 10.6 Å². The number of anilines is 1. The highest BCUT2D eigenvalue weighted by molar-refractivity contribution is 8.00. The summed E-state index contributed by atoms with van der Waals surface area (Å²) in [5.41, 5.74) is 1.75. The number of fused-ring (bicyclic) bond motifs is 6. The quantitative estimate of drug-likeness (QED) is 0.352. The minimum absolute atomic E-state index is 0.0438. The molecule has 2 heterocycles. The zero-order valence-corrected chi connectivity index (χ0v) is 23.7. The van der Waals surface area contributed by atoms with Gasteiger partial charge in [-0.1, -0.05) is 62.4 Å². The Morgan fingerprint density at radius 2 is 1.74 bits per heavy atom. The zero-order chi connectivity index (χ0) is 27.7. The summed E-state index contributed by atoms with van der Waals surface area (Å²) >= 11 is 2.96. The Hall–Kier alpha value is -2.52. The van der Waals surface area contributed by atoms with Crippen LogP contribution in [-0.4, -0.2) is 15.7 Å². The topological polar surface area (TPSA) is 51.1 Å². The molecule has 4 unspecified atom stereocenters.